The SMILES string of the molecule is CC[C@@H](N)[C@H](O)c1ccc(O)c(O)c1. The van der Waals surface area contributed by atoms with E-state index in [0.29, 0.717) is 12.0 Å². The molecule has 0 fully saturated rings. The molecular formula is C10H15NO3. The van der Waals surface area contributed by atoms with Crippen LogP contribution < -0.4 is 5.73 Å². The smallest absolute Gasteiger partial charge is 0.157 e. The highest BCUT2D eigenvalue weighted by Gasteiger charge is 2.16. The van der Waals surface area contributed by atoms with Crippen molar-refractivity contribution in [3.05, 3.63) is 23.8 Å². The summed E-state index contributed by atoms with van der Waals surface area (Å²) in [6.45, 7) is 1.87. The number of aliphatic hydroxyl groups is 1. The van der Waals surface area contributed by atoms with E-state index in [1.165, 1.54) is 18.2 Å². The number of rotatable bonds is 3. The van der Waals surface area contributed by atoms with Gasteiger partial charge in [-0.3, -0.25) is 0 Å². The third kappa shape index (κ3) is 2.16. The molecule has 0 aliphatic heterocycles. The predicted octanol–water partition coefficient (Wildman–Crippen LogP) is 0.868. The third-order valence-corrected chi connectivity index (χ3v) is 2.22. The molecule has 0 saturated carbocycles. The second-order valence-corrected chi connectivity index (χ2v) is 3.27. The molecular weight excluding hydrogens is 182 g/mol. The van der Waals surface area contributed by atoms with Crippen molar-refractivity contribution < 1.29 is 15.3 Å². The van der Waals surface area contributed by atoms with Gasteiger partial charge in [-0.2, -0.15) is 0 Å². The van der Waals surface area contributed by atoms with Crippen LogP contribution in [0, 0.1) is 0 Å². The summed E-state index contributed by atoms with van der Waals surface area (Å²) in [6.07, 6.45) is -0.172. The zero-order chi connectivity index (χ0) is 10.7. The van der Waals surface area contributed by atoms with Crippen LogP contribution in [0.3, 0.4) is 0 Å². The van der Waals surface area contributed by atoms with Crippen molar-refractivity contribution in [2.45, 2.75) is 25.5 Å². The predicted molar refractivity (Wildman–Crippen MR) is 53.0 cm³/mol. The fourth-order valence-electron chi connectivity index (χ4n) is 1.19. The molecule has 4 heteroatoms. The van der Waals surface area contributed by atoms with E-state index < -0.39 is 6.10 Å². The number of phenols is 2. The summed E-state index contributed by atoms with van der Waals surface area (Å²) >= 11 is 0. The maximum atomic E-state index is 9.69. The molecule has 0 spiro atoms. The maximum Gasteiger partial charge on any atom is 0.157 e. The highest BCUT2D eigenvalue weighted by atomic mass is 16.3. The minimum absolute atomic E-state index is 0.203. The Bertz CT molecular complexity index is 314. The molecule has 0 unspecified atom stereocenters. The molecule has 0 amide bonds. The van der Waals surface area contributed by atoms with Gasteiger partial charge in [0, 0.05) is 6.04 Å². The van der Waals surface area contributed by atoms with Gasteiger partial charge >= 0.3 is 0 Å². The zero-order valence-corrected chi connectivity index (χ0v) is 8.01. The average molecular weight is 197 g/mol. The normalized spacial score (nSPS) is 15.1. The van der Waals surface area contributed by atoms with Crippen LogP contribution in [0.1, 0.15) is 25.0 Å². The van der Waals surface area contributed by atoms with Gasteiger partial charge in [0.1, 0.15) is 0 Å². The Balaban J connectivity index is 2.91. The molecule has 0 radical (unpaired) electrons. The maximum absolute atomic E-state index is 9.69. The van der Waals surface area contributed by atoms with Crippen LogP contribution in [0.2, 0.25) is 0 Å². The topological polar surface area (TPSA) is 86.7 Å². The van der Waals surface area contributed by atoms with Gasteiger partial charge in [0.15, 0.2) is 11.5 Å². The summed E-state index contributed by atoms with van der Waals surface area (Å²) in [7, 11) is 0. The highest BCUT2D eigenvalue weighted by molar-refractivity contribution is 5.41. The minimum atomic E-state index is -0.813. The summed E-state index contributed by atoms with van der Waals surface area (Å²) in [5.74, 6) is -0.448. The molecule has 0 saturated heterocycles. The van der Waals surface area contributed by atoms with Crippen LogP contribution in [0.25, 0.3) is 0 Å². The van der Waals surface area contributed by atoms with Crippen LogP contribution >= 0.6 is 0 Å². The van der Waals surface area contributed by atoms with E-state index in [1.807, 2.05) is 6.92 Å². The van der Waals surface area contributed by atoms with E-state index >= 15 is 0 Å². The van der Waals surface area contributed by atoms with E-state index in [2.05, 4.69) is 0 Å². The van der Waals surface area contributed by atoms with Crippen LogP contribution in [0.4, 0.5) is 0 Å². The number of aliphatic hydroxyl groups excluding tert-OH is 1. The first kappa shape index (κ1) is 10.8. The quantitative estimate of drug-likeness (QED) is 0.541. The first-order valence-electron chi connectivity index (χ1n) is 4.51. The van der Waals surface area contributed by atoms with Crippen molar-refractivity contribution in [1.82, 2.24) is 0 Å². The van der Waals surface area contributed by atoms with Gasteiger partial charge in [0.2, 0.25) is 0 Å². The molecule has 0 aliphatic carbocycles. The lowest BCUT2D eigenvalue weighted by atomic mass is 10.0. The zero-order valence-electron chi connectivity index (χ0n) is 8.01. The van der Waals surface area contributed by atoms with E-state index in [1.54, 1.807) is 0 Å². The third-order valence-electron chi connectivity index (χ3n) is 2.22. The lowest BCUT2D eigenvalue weighted by Gasteiger charge is -2.17. The van der Waals surface area contributed by atoms with Crippen molar-refractivity contribution in [2.24, 2.45) is 5.73 Å². The molecule has 0 bridgehead atoms. The number of phenolic OH excluding ortho intramolecular Hbond substituents is 2. The van der Waals surface area contributed by atoms with Crippen LogP contribution in [0.5, 0.6) is 11.5 Å². The monoisotopic (exact) mass is 197 g/mol. The molecule has 0 heterocycles. The van der Waals surface area contributed by atoms with Gasteiger partial charge in [-0.15, -0.1) is 0 Å². The molecule has 1 aromatic rings. The minimum Gasteiger partial charge on any atom is -0.504 e. The highest BCUT2D eigenvalue weighted by Crippen LogP contribution is 2.28. The number of hydrogen-bond donors (Lipinski definition) is 4. The number of benzene rings is 1. The Morgan fingerprint density at radius 3 is 2.43 bits per heavy atom. The lowest BCUT2D eigenvalue weighted by molar-refractivity contribution is 0.144. The van der Waals surface area contributed by atoms with Gasteiger partial charge in [0.05, 0.1) is 6.10 Å². The van der Waals surface area contributed by atoms with Crippen molar-refractivity contribution >= 4 is 0 Å². The average Bonchev–Trinajstić information content (AvgIpc) is 2.20. The largest absolute Gasteiger partial charge is 0.504 e. The van der Waals surface area contributed by atoms with Crippen LogP contribution in [-0.2, 0) is 0 Å². The van der Waals surface area contributed by atoms with Gasteiger partial charge in [0.25, 0.3) is 0 Å². The number of nitrogens with two attached hydrogens (primary N) is 1. The van der Waals surface area contributed by atoms with Crippen molar-refractivity contribution in [3.8, 4) is 11.5 Å². The van der Waals surface area contributed by atoms with E-state index in [-0.39, 0.29) is 17.5 Å². The Morgan fingerprint density at radius 1 is 1.29 bits per heavy atom. The van der Waals surface area contributed by atoms with Crippen molar-refractivity contribution in [2.75, 3.05) is 0 Å². The van der Waals surface area contributed by atoms with Gasteiger partial charge < -0.3 is 21.1 Å². The van der Waals surface area contributed by atoms with Gasteiger partial charge in [-0.05, 0) is 24.1 Å². The lowest BCUT2D eigenvalue weighted by Crippen LogP contribution is -2.27. The summed E-state index contributed by atoms with van der Waals surface area (Å²) in [5, 5.41) is 27.9. The summed E-state index contributed by atoms with van der Waals surface area (Å²) < 4.78 is 0. The molecule has 14 heavy (non-hydrogen) atoms. The first-order chi connectivity index (χ1) is 6.56. The number of aromatic hydroxyl groups is 2. The fraction of sp³-hybridized carbons (Fsp3) is 0.400. The molecule has 2 atom stereocenters. The Labute approximate surface area is 82.6 Å². The summed E-state index contributed by atoms with van der Waals surface area (Å²) in [6, 6.07) is 3.82. The van der Waals surface area contributed by atoms with Crippen LogP contribution in [0.15, 0.2) is 18.2 Å². The van der Waals surface area contributed by atoms with Crippen LogP contribution in [-0.4, -0.2) is 21.4 Å². The number of hydrogen-bond acceptors (Lipinski definition) is 4. The molecule has 0 aliphatic rings. The Morgan fingerprint density at radius 2 is 1.93 bits per heavy atom. The molecule has 5 N–H and O–H groups in total. The van der Waals surface area contributed by atoms with E-state index in [0.717, 1.165) is 0 Å². The van der Waals surface area contributed by atoms with E-state index in [9.17, 15) is 10.2 Å². The van der Waals surface area contributed by atoms with E-state index in [4.69, 9.17) is 10.8 Å². The van der Waals surface area contributed by atoms with Crippen molar-refractivity contribution in [1.29, 1.82) is 0 Å². The Kier molecular flexibility index (Phi) is 3.33. The Hall–Kier alpha value is -1.26. The van der Waals surface area contributed by atoms with Gasteiger partial charge in [-0.25, -0.2) is 0 Å². The summed E-state index contributed by atoms with van der Waals surface area (Å²) in [4.78, 5) is 0. The molecule has 78 valence electrons. The summed E-state index contributed by atoms with van der Waals surface area (Å²) in [5.41, 5.74) is 6.15. The molecule has 0 aromatic heterocycles. The fourth-order valence-corrected chi connectivity index (χ4v) is 1.19. The second-order valence-electron chi connectivity index (χ2n) is 3.27. The second kappa shape index (κ2) is 4.30. The first-order valence-corrected chi connectivity index (χ1v) is 4.51. The standard InChI is InChI=1S/C10H15NO3/c1-2-7(11)10(14)6-3-4-8(12)9(13)5-6/h3-5,7,10,12-14H,2,11H2,1H3/t7-,10-/m1/s1. The molecule has 1 aromatic carbocycles. The molecule has 1 rings (SSSR count). The van der Waals surface area contributed by atoms with Crippen molar-refractivity contribution in [3.63, 3.8) is 0 Å². The van der Waals surface area contributed by atoms with Gasteiger partial charge in [-0.1, -0.05) is 13.0 Å². The molecule has 4 nitrogen and oxygen atoms in total.